The molecule has 0 N–H and O–H groups in total. The predicted molar refractivity (Wildman–Crippen MR) is 108 cm³/mol. The highest BCUT2D eigenvalue weighted by atomic mass is 79.9. The van der Waals surface area contributed by atoms with Gasteiger partial charge in [0.25, 0.3) is 10.0 Å². The van der Waals surface area contributed by atoms with Gasteiger partial charge in [0.1, 0.15) is 0 Å². The fourth-order valence-electron chi connectivity index (χ4n) is 2.99. The van der Waals surface area contributed by atoms with E-state index in [2.05, 4.69) is 22.9 Å². The van der Waals surface area contributed by atoms with Crippen molar-refractivity contribution in [3.8, 4) is 0 Å². The van der Waals surface area contributed by atoms with Crippen LogP contribution in [0, 0.1) is 6.92 Å². The number of nitrogens with zero attached hydrogens (tertiary/aromatic N) is 1. The van der Waals surface area contributed by atoms with E-state index in [1.807, 2.05) is 25.1 Å². The Balaban J connectivity index is 2.15. The first-order chi connectivity index (χ1) is 11.8. The van der Waals surface area contributed by atoms with Crippen LogP contribution in [-0.2, 0) is 10.0 Å². The van der Waals surface area contributed by atoms with Gasteiger partial charge in [-0.1, -0.05) is 58.6 Å². The molecule has 132 valence electrons. The lowest BCUT2D eigenvalue weighted by atomic mass is 9.97. The van der Waals surface area contributed by atoms with Crippen molar-refractivity contribution in [3.05, 3.63) is 63.1 Å². The Bertz CT molecular complexity index is 936. The molecule has 1 aliphatic heterocycles. The van der Waals surface area contributed by atoms with Crippen molar-refractivity contribution in [1.82, 2.24) is 0 Å². The van der Waals surface area contributed by atoms with Crippen LogP contribution in [-0.4, -0.2) is 15.0 Å². The molecule has 25 heavy (non-hydrogen) atoms. The second-order valence-electron chi connectivity index (χ2n) is 6.12. The molecule has 0 atom stereocenters. The lowest BCUT2D eigenvalue weighted by Gasteiger charge is -2.32. The van der Waals surface area contributed by atoms with Crippen molar-refractivity contribution in [1.29, 1.82) is 0 Å². The van der Waals surface area contributed by atoms with Gasteiger partial charge in [-0.2, -0.15) is 0 Å². The molecule has 0 fully saturated rings. The summed E-state index contributed by atoms with van der Waals surface area (Å²) in [5.74, 6) is 0. The summed E-state index contributed by atoms with van der Waals surface area (Å²) in [5, 5.41) is 0.599. The Morgan fingerprint density at radius 3 is 2.48 bits per heavy atom. The van der Waals surface area contributed by atoms with Crippen LogP contribution in [0.4, 0.5) is 5.69 Å². The fraction of sp³-hybridized carbons (Fsp3) is 0.263. The number of hydrogen-bond acceptors (Lipinski definition) is 2. The minimum atomic E-state index is -3.65. The number of halogens is 2. The van der Waals surface area contributed by atoms with Gasteiger partial charge in [-0.3, -0.25) is 4.31 Å². The van der Waals surface area contributed by atoms with E-state index < -0.39 is 10.0 Å². The van der Waals surface area contributed by atoms with E-state index in [0.717, 1.165) is 34.0 Å². The van der Waals surface area contributed by atoms with Crippen LogP contribution in [0.5, 0.6) is 0 Å². The largest absolute Gasteiger partial charge is 0.264 e. The molecule has 0 amide bonds. The Kier molecular flexibility index (Phi) is 5.28. The molecule has 0 saturated carbocycles. The summed E-state index contributed by atoms with van der Waals surface area (Å²) in [5.41, 5.74) is 3.70. The van der Waals surface area contributed by atoms with E-state index in [4.69, 9.17) is 11.6 Å². The number of hydrogen-bond donors (Lipinski definition) is 0. The average molecular weight is 441 g/mol. The van der Waals surface area contributed by atoms with Crippen LogP contribution in [0.25, 0.3) is 5.57 Å². The molecule has 6 heteroatoms. The lowest BCUT2D eigenvalue weighted by molar-refractivity contribution is 0.592. The number of anilines is 1. The van der Waals surface area contributed by atoms with Crippen molar-refractivity contribution in [2.75, 3.05) is 10.8 Å². The maximum Gasteiger partial charge on any atom is 0.264 e. The number of fused-ring (bicyclic) bond motifs is 1. The van der Waals surface area contributed by atoms with Gasteiger partial charge in [0.05, 0.1) is 17.1 Å². The van der Waals surface area contributed by atoms with Gasteiger partial charge in [-0.05, 0) is 49.2 Å². The summed E-state index contributed by atoms with van der Waals surface area (Å²) in [6, 6.07) is 12.3. The van der Waals surface area contributed by atoms with E-state index in [0.29, 0.717) is 22.2 Å². The highest BCUT2D eigenvalue weighted by Gasteiger charge is 2.32. The summed E-state index contributed by atoms with van der Waals surface area (Å²) in [6.45, 7) is 4.33. The summed E-state index contributed by atoms with van der Waals surface area (Å²) in [6.07, 6.45) is 1.84. The van der Waals surface area contributed by atoms with Crippen LogP contribution in [0.2, 0.25) is 5.02 Å². The molecule has 0 unspecified atom stereocenters. The molecule has 2 aromatic rings. The molecule has 3 nitrogen and oxygen atoms in total. The van der Waals surface area contributed by atoms with Gasteiger partial charge < -0.3 is 0 Å². The summed E-state index contributed by atoms with van der Waals surface area (Å²) in [7, 11) is -3.65. The van der Waals surface area contributed by atoms with Gasteiger partial charge >= 0.3 is 0 Å². The zero-order valence-electron chi connectivity index (χ0n) is 14.1. The topological polar surface area (TPSA) is 37.4 Å². The molecule has 0 saturated heterocycles. The first-order valence-corrected chi connectivity index (χ1v) is 10.7. The smallest absolute Gasteiger partial charge is 0.261 e. The SMILES string of the molecule is CCCC1=C(Br)CN(S(=O)(=O)c2ccc(C)cc2)c2ccc(Cl)cc21. The van der Waals surface area contributed by atoms with Crippen molar-refractivity contribution < 1.29 is 8.42 Å². The highest BCUT2D eigenvalue weighted by Crippen LogP contribution is 2.42. The minimum absolute atomic E-state index is 0.290. The van der Waals surface area contributed by atoms with Gasteiger partial charge in [0.2, 0.25) is 0 Å². The van der Waals surface area contributed by atoms with Crippen LogP contribution in [0.1, 0.15) is 30.9 Å². The quantitative estimate of drug-likeness (QED) is 0.606. The third-order valence-electron chi connectivity index (χ3n) is 4.27. The van der Waals surface area contributed by atoms with Gasteiger partial charge in [-0.15, -0.1) is 0 Å². The van der Waals surface area contributed by atoms with Crippen LogP contribution in [0.15, 0.2) is 51.8 Å². The van der Waals surface area contributed by atoms with Gasteiger partial charge in [0, 0.05) is 15.1 Å². The van der Waals surface area contributed by atoms with Gasteiger partial charge in [-0.25, -0.2) is 8.42 Å². The first kappa shape index (κ1) is 18.5. The highest BCUT2D eigenvalue weighted by molar-refractivity contribution is 9.11. The molecule has 1 heterocycles. The third-order valence-corrected chi connectivity index (χ3v) is 7.01. The lowest BCUT2D eigenvalue weighted by Crippen LogP contribution is -2.35. The standard InChI is InChI=1S/C19H19BrClNO2S/c1-3-4-16-17-11-14(21)7-10-19(17)22(12-18(16)20)25(23,24)15-8-5-13(2)6-9-15/h5-11H,3-4,12H2,1-2H3. The molecule has 0 bridgehead atoms. The average Bonchev–Trinajstić information content (AvgIpc) is 2.57. The Morgan fingerprint density at radius 1 is 1.16 bits per heavy atom. The second-order valence-corrected chi connectivity index (χ2v) is 9.38. The molecule has 3 rings (SSSR count). The zero-order valence-corrected chi connectivity index (χ0v) is 17.2. The maximum atomic E-state index is 13.2. The number of benzene rings is 2. The van der Waals surface area contributed by atoms with Crippen molar-refractivity contribution in [2.24, 2.45) is 0 Å². The molecule has 0 radical (unpaired) electrons. The Labute approximate surface area is 162 Å². The number of sulfonamides is 1. The Hall–Kier alpha value is -1.30. The predicted octanol–water partition coefficient (Wildman–Crippen LogP) is 5.76. The second kappa shape index (κ2) is 7.14. The zero-order chi connectivity index (χ0) is 18.2. The molecule has 0 aromatic heterocycles. The molecule has 1 aliphatic rings. The summed E-state index contributed by atoms with van der Waals surface area (Å²) < 4.78 is 28.8. The number of rotatable bonds is 4. The van der Waals surface area contributed by atoms with Crippen molar-refractivity contribution in [2.45, 2.75) is 31.6 Å². The van der Waals surface area contributed by atoms with Crippen LogP contribution < -0.4 is 4.31 Å². The van der Waals surface area contributed by atoms with Gasteiger partial charge in [0.15, 0.2) is 0 Å². The molecular formula is C19H19BrClNO2S. The van der Waals surface area contributed by atoms with E-state index >= 15 is 0 Å². The van der Waals surface area contributed by atoms with Crippen LogP contribution >= 0.6 is 27.5 Å². The summed E-state index contributed by atoms with van der Waals surface area (Å²) in [4.78, 5) is 0.290. The van der Waals surface area contributed by atoms with E-state index in [9.17, 15) is 8.42 Å². The number of allylic oxidation sites excluding steroid dienone is 1. The van der Waals surface area contributed by atoms with E-state index in [-0.39, 0.29) is 0 Å². The van der Waals surface area contributed by atoms with E-state index in [1.54, 1.807) is 24.3 Å². The van der Waals surface area contributed by atoms with Crippen LogP contribution in [0.3, 0.4) is 0 Å². The monoisotopic (exact) mass is 439 g/mol. The fourth-order valence-corrected chi connectivity index (χ4v) is 5.44. The first-order valence-electron chi connectivity index (χ1n) is 8.11. The minimum Gasteiger partial charge on any atom is -0.261 e. The van der Waals surface area contributed by atoms with E-state index in [1.165, 1.54) is 4.31 Å². The molecule has 2 aromatic carbocycles. The third kappa shape index (κ3) is 3.50. The summed E-state index contributed by atoms with van der Waals surface area (Å²) >= 11 is 9.78. The van der Waals surface area contributed by atoms with Crippen molar-refractivity contribution >= 4 is 48.8 Å². The molecule has 0 aliphatic carbocycles. The van der Waals surface area contributed by atoms with Crippen molar-refractivity contribution in [3.63, 3.8) is 0 Å². The normalized spacial score (nSPS) is 14.6. The molecule has 0 spiro atoms. The maximum absolute atomic E-state index is 13.2. The molecular weight excluding hydrogens is 422 g/mol. The number of aryl methyl sites for hydroxylation is 1. The Morgan fingerprint density at radius 2 is 1.84 bits per heavy atom.